The number of benzene rings is 2. The summed E-state index contributed by atoms with van der Waals surface area (Å²) in [7, 11) is 1.63. The van der Waals surface area contributed by atoms with Crippen LogP contribution in [0.15, 0.2) is 42.5 Å². The molecule has 2 amide bonds. The van der Waals surface area contributed by atoms with Crippen molar-refractivity contribution in [1.29, 1.82) is 0 Å². The van der Waals surface area contributed by atoms with Crippen LogP contribution in [-0.2, 0) is 22.6 Å². The molecule has 0 spiro atoms. The topological polar surface area (TPSA) is 58.6 Å². The van der Waals surface area contributed by atoms with Crippen molar-refractivity contribution < 1.29 is 14.3 Å². The minimum absolute atomic E-state index is 0.0338. The highest BCUT2D eigenvalue weighted by atomic mass is 16.5. The number of rotatable bonds is 9. The lowest BCUT2D eigenvalue weighted by Crippen LogP contribution is -2.51. The fraction of sp³-hybridized carbons (Fsp3) is 0.500. The molecule has 2 aromatic rings. The van der Waals surface area contributed by atoms with Gasteiger partial charge in [-0.1, -0.05) is 67.6 Å². The molecule has 0 aliphatic heterocycles. The summed E-state index contributed by atoms with van der Waals surface area (Å²) in [6, 6.07) is 13.6. The highest BCUT2D eigenvalue weighted by molar-refractivity contribution is 5.88. The first-order chi connectivity index (χ1) is 15.9. The van der Waals surface area contributed by atoms with Crippen LogP contribution >= 0.6 is 0 Å². The Morgan fingerprint density at radius 1 is 1.03 bits per heavy atom. The van der Waals surface area contributed by atoms with E-state index in [0.29, 0.717) is 13.0 Å². The zero-order chi connectivity index (χ0) is 23.8. The van der Waals surface area contributed by atoms with Gasteiger partial charge < -0.3 is 15.0 Å². The molecule has 1 aliphatic rings. The molecule has 33 heavy (non-hydrogen) atoms. The number of carbonyl (C=O) groups is 2. The molecule has 1 atom stereocenters. The average Bonchev–Trinajstić information content (AvgIpc) is 2.79. The van der Waals surface area contributed by atoms with E-state index in [1.807, 2.05) is 45.0 Å². The minimum atomic E-state index is -0.503. The van der Waals surface area contributed by atoms with Crippen LogP contribution in [0.2, 0.25) is 0 Å². The van der Waals surface area contributed by atoms with Crippen LogP contribution in [0.3, 0.4) is 0 Å². The van der Waals surface area contributed by atoms with Gasteiger partial charge in [0.25, 0.3) is 0 Å². The zero-order valence-electron chi connectivity index (χ0n) is 20.5. The minimum Gasteiger partial charge on any atom is -0.497 e. The summed E-state index contributed by atoms with van der Waals surface area (Å²) in [5, 5.41) is 3.24. The molecular formula is C28H38N2O3. The van der Waals surface area contributed by atoms with Crippen molar-refractivity contribution in [3.05, 3.63) is 64.7 Å². The molecule has 0 unspecified atom stereocenters. The van der Waals surface area contributed by atoms with E-state index in [-0.39, 0.29) is 24.3 Å². The summed E-state index contributed by atoms with van der Waals surface area (Å²) in [5.74, 6) is 0.670. The summed E-state index contributed by atoms with van der Waals surface area (Å²) in [5.41, 5.74) is 4.21. The number of hydrogen-bond acceptors (Lipinski definition) is 3. The zero-order valence-corrected chi connectivity index (χ0v) is 20.5. The normalized spacial score (nSPS) is 15.0. The van der Waals surface area contributed by atoms with Crippen molar-refractivity contribution in [3.63, 3.8) is 0 Å². The van der Waals surface area contributed by atoms with Crippen molar-refractivity contribution >= 4 is 11.8 Å². The Kier molecular flexibility index (Phi) is 8.93. The molecule has 1 N–H and O–H groups in total. The molecule has 0 saturated heterocycles. The first-order valence-corrected chi connectivity index (χ1v) is 12.2. The smallest absolute Gasteiger partial charge is 0.243 e. The molecule has 5 nitrogen and oxygen atoms in total. The summed E-state index contributed by atoms with van der Waals surface area (Å²) in [6.07, 6.45) is 6.44. The molecule has 0 bridgehead atoms. The standard InChI is InChI=1S/C28H38N2O3/c1-5-26(28(32)29-24-11-7-6-8-12-24)30(19-22-10-9-13-25(17-22)33-4)27(31)18-23-15-20(2)14-21(3)16-23/h9-10,13-17,24,26H,5-8,11-12,18-19H2,1-4H3,(H,29,32)/t26-/m0/s1. The number of aryl methyl sites for hydroxylation is 2. The predicted octanol–water partition coefficient (Wildman–Crippen LogP) is 5.11. The van der Waals surface area contributed by atoms with Gasteiger partial charge in [-0.25, -0.2) is 0 Å². The summed E-state index contributed by atoms with van der Waals surface area (Å²) >= 11 is 0. The van der Waals surface area contributed by atoms with E-state index in [0.717, 1.165) is 53.7 Å². The Balaban J connectivity index is 1.84. The van der Waals surface area contributed by atoms with Crippen LogP contribution in [0.1, 0.15) is 67.7 Å². The number of nitrogens with zero attached hydrogens (tertiary/aromatic N) is 1. The van der Waals surface area contributed by atoms with Crippen LogP contribution in [0.25, 0.3) is 0 Å². The third-order valence-corrected chi connectivity index (χ3v) is 6.46. The van der Waals surface area contributed by atoms with Crippen LogP contribution < -0.4 is 10.1 Å². The maximum atomic E-state index is 13.6. The van der Waals surface area contributed by atoms with Gasteiger partial charge in [-0.15, -0.1) is 0 Å². The molecule has 1 aliphatic carbocycles. The van der Waals surface area contributed by atoms with Crippen molar-refractivity contribution in [2.75, 3.05) is 7.11 Å². The first-order valence-electron chi connectivity index (χ1n) is 12.2. The predicted molar refractivity (Wildman–Crippen MR) is 132 cm³/mol. The lowest BCUT2D eigenvalue weighted by atomic mass is 9.95. The molecule has 0 radical (unpaired) electrons. The highest BCUT2D eigenvalue weighted by Gasteiger charge is 2.30. The van der Waals surface area contributed by atoms with E-state index in [1.54, 1.807) is 12.0 Å². The first kappa shape index (κ1) is 24.8. The molecule has 3 rings (SSSR count). The fourth-order valence-electron chi connectivity index (χ4n) is 4.88. The third-order valence-electron chi connectivity index (χ3n) is 6.46. The lowest BCUT2D eigenvalue weighted by molar-refractivity contribution is -0.141. The average molecular weight is 451 g/mol. The second-order valence-electron chi connectivity index (χ2n) is 9.31. The van der Waals surface area contributed by atoms with Gasteiger partial charge in [-0.3, -0.25) is 9.59 Å². The number of methoxy groups -OCH3 is 1. The molecule has 0 aromatic heterocycles. The van der Waals surface area contributed by atoms with Gasteiger partial charge in [0.05, 0.1) is 13.5 Å². The maximum absolute atomic E-state index is 13.6. The SMILES string of the molecule is CC[C@@H](C(=O)NC1CCCCC1)N(Cc1cccc(OC)c1)C(=O)Cc1cc(C)cc(C)c1. The molecule has 1 fully saturated rings. The van der Waals surface area contributed by atoms with Gasteiger partial charge >= 0.3 is 0 Å². The third kappa shape index (κ3) is 7.08. The van der Waals surface area contributed by atoms with E-state index in [4.69, 9.17) is 4.74 Å². The van der Waals surface area contributed by atoms with Crippen molar-refractivity contribution in [2.45, 2.75) is 84.3 Å². The van der Waals surface area contributed by atoms with E-state index in [1.165, 1.54) is 6.42 Å². The van der Waals surface area contributed by atoms with Crippen LogP contribution in [0, 0.1) is 13.8 Å². The molecular weight excluding hydrogens is 412 g/mol. The maximum Gasteiger partial charge on any atom is 0.243 e. The highest BCUT2D eigenvalue weighted by Crippen LogP contribution is 2.21. The number of amides is 2. The molecule has 0 heterocycles. The van der Waals surface area contributed by atoms with Gasteiger partial charge in [0.2, 0.25) is 11.8 Å². The van der Waals surface area contributed by atoms with E-state index >= 15 is 0 Å². The number of nitrogens with one attached hydrogen (secondary N) is 1. The number of carbonyl (C=O) groups excluding carboxylic acids is 2. The molecule has 178 valence electrons. The van der Waals surface area contributed by atoms with Gasteiger partial charge in [-0.05, 0) is 56.4 Å². The van der Waals surface area contributed by atoms with Gasteiger partial charge in [0, 0.05) is 12.6 Å². The fourth-order valence-corrected chi connectivity index (χ4v) is 4.88. The Labute approximate surface area is 198 Å². The molecule has 5 heteroatoms. The van der Waals surface area contributed by atoms with Crippen LogP contribution in [0.4, 0.5) is 0 Å². The second kappa shape index (κ2) is 11.9. The van der Waals surface area contributed by atoms with Gasteiger partial charge in [-0.2, -0.15) is 0 Å². The number of ether oxygens (including phenoxy) is 1. The van der Waals surface area contributed by atoms with E-state index in [2.05, 4.69) is 23.5 Å². The monoisotopic (exact) mass is 450 g/mol. The largest absolute Gasteiger partial charge is 0.497 e. The summed E-state index contributed by atoms with van der Waals surface area (Å²) in [4.78, 5) is 28.7. The van der Waals surface area contributed by atoms with Crippen molar-refractivity contribution in [1.82, 2.24) is 10.2 Å². The van der Waals surface area contributed by atoms with Crippen molar-refractivity contribution in [2.24, 2.45) is 0 Å². The van der Waals surface area contributed by atoms with Gasteiger partial charge in [0.15, 0.2) is 0 Å². The Hall–Kier alpha value is -2.82. The van der Waals surface area contributed by atoms with E-state index < -0.39 is 6.04 Å². The Morgan fingerprint density at radius 3 is 2.36 bits per heavy atom. The van der Waals surface area contributed by atoms with Crippen LogP contribution in [0.5, 0.6) is 5.75 Å². The summed E-state index contributed by atoms with van der Waals surface area (Å²) < 4.78 is 5.37. The second-order valence-corrected chi connectivity index (χ2v) is 9.31. The van der Waals surface area contributed by atoms with Crippen LogP contribution in [-0.4, -0.2) is 35.9 Å². The quantitative estimate of drug-likeness (QED) is 0.577. The molecule has 2 aromatic carbocycles. The molecule has 1 saturated carbocycles. The van der Waals surface area contributed by atoms with Crippen molar-refractivity contribution in [3.8, 4) is 5.75 Å². The Morgan fingerprint density at radius 2 is 1.73 bits per heavy atom. The van der Waals surface area contributed by atoms with E-state index in [9.17, 15) is 9.59 Å². The van der Waals surface area contributed by atoms with Gasteiger partial charge in [0.1, 0.15) is 11.8 Å². The Bertz CT molecular complexity index is 930. The summed E-state index contributed by atoms with van der Waals surface area (Å²) in [6.45, 7) is 6.44. The number of hydrogen-bond donors (Lipinski definition) is 1. The lowest BCUT2D eigenvalue weighted by Gasteiger charge is -2.33.